The Morgan fingerprint density at radius 2 is 1.53 bits per heavy atom. The first kappa shape index (κ1) is 13.6. The van der Waals surface area contributed by atoms with Crippen LogP contribution in [0.5, 0.6) is 0 Å². The van der Waals surface area contributed by atoms with Crippen molar-refractivity contribution in [3.63, 3.8) is 0 Å². The van der Waals surface area contributed by atoms with Crippen LogP contribution in [0.25, 0.3) is 0 Å². The minimum atomic E-state index is -0.250. The lowest BCUT2D eigenvalue weighted by molar-refractivity contribution is 0.262. The Kier molecular flexibility index (Phi) is 4.22. The Morgan fingerprint density at radius 1 is 0.947 bits per heavy atom. The lowest BCUT2D eigenvalue weighted by Crippen LogP contribution is -2.19. The van der Waals surface area contributed by atoms with Gasteiger partial charge in [0.05, 0.1) is 0 Å². The van der Waals surface area contributed by atoms with Gasteiger partial charge < -0.3 is 10.6 Å². The minimum Gasteiger partial charge on any atom is -0.308 e. The van der Waals surface area contributed by atoms with Gasteiger partial charge in [-0.3, -0.25) is 0 Å². The van der Waals surface area contributed by atoms with Gasteiger partial charge in [0, 0.05) is 15.8 Å². The van der Waals surface area contributed by atoms with E-state index >= 15 is 0 Å². The Bertz CT molecular complexity index is 594. The number of urea groups is 1. The fraction of sp³-hybridized carbons (Fsp3) is 0.133. The zero-order valence-corrected chi connectivity index (χ0v) is 12.4. The summed E-state index contributed by atoms with van der Waals surface area (Å²) in [6.07, 6.45) is 0. The molecule has 0 bridgehead atoms. The van der Waals surface area contributed by atoms with Crippen LogP contribution < -0.4 is 10.6 Å². The van der Waals surface area contributed by atoms with E-state index in [1.54, 1.807) is 0 Å². The van der Waals surface area contributed by atoms with E-state index in [0.717, 1.165) is 27.0 Å². The topological polar surface area (TPSA) is 41.1 Å². The van der Waals surface area contributed by atoms with Crippen molar-refractivity contribution < 1.29 is 4.79 Å². The van der Waals surface area contributed by atoms with Crippen molar-refractivity contribution in [2.24, 2.45) is 0 Å². The molecule has 0 spiro atoms. The SMILES string of the molecule is Cc1ccc(NC(=O)Nc2ccc(C)c(Br)c2)cc1. The summed E-state index contributed by atoms with van der Waals surface area (Å²) < 4.78 is 0.973. The van der Waals surface area contributed by atoms with Gasteiger partial charge >= 0.3 is 6.03 Å². The molecule has 0 unspecified atom stereocenters. The zero-order chi connectivity index (χ0) is 13.8. The molecule has 3 nitrogen and oxygen atoms in total. The molecule has 2 aromatic rings. The molecule has 98 valence electrons. The summed E-state index contributed by atoms with van der Waals surface area (Å²) in [7, 11) is 0. The molecule has 0 aromatic heterocycles. The van der Waals surface area contributed by atoms with Crippen LogP contribution in [-0.4, -0.2) is 6.03 Å². The van der Waals surface area contributed by atoms with E-state index in [2.05, 4.69) is 26.6 Å². The number of hydrogen-bond donors (Lipinski definition) is 2. The van der Waals surface area contributed by atoms with Crippen LogP contribution in [0.1, 0.15) is 11.1 Å². The van der Waals surface area contributed by atoms with Crippen LogP contribution >= 0.6 is 15.9 Å². The van der Waals surface area contributed by atoms with Crippen LogP contribution in [-0.2, 0) is 0 Å². The van der Waals surface area contributed by atoms with Crippen LogP contribution in [0.15, 0.2) is 46.9 Å². The fourth-order valence-electron chi connectivity index (χ4n) is 1.60. The van der Waals surface area contributed by atoms with Gasteiger partial charge in [-0.15, -0.1) is 0 Å². The summed E-state index contributed by atoms with van der Waals surface area (Å²) in [5.41, 5.74) is 3.81. The van der Waals surface area contributed by atoms with Crippen molar-refractivity contribution in [1.29, 1.82) is 0 Å². The van der Waals surface area contributed by atoms with E-state index in [1.807, 2.05) is 56.3 Å². The van der Waals surface area contributed by atoms with E-state index in [9.17, 15) is 4.79 Å². The van der Waals surface area contributed by atoms with Gasteiger partial charge in [-0.2, -0.15) is 0 Å². The summed E-state index contributed by atoms with van der Waals surface area (Å²) in [5.74, 6) is 0. The molecule has 2 rings (SSSR count). The summed E-state index contributed by atoms with van der Waals surface area (Å²) in [5, 5.41) is 5.58. The van der Waals surface area contributed by atoms with Crippen LogP contribution in [0.4, 0.5) is 16.2 Å². The molecule has 0 saturated heterocycles. The number of amides is 2. The number of rotatable bonds is 2. The standard InChI is InChI=1S/C15H15BrN2O/c1-10-3-6-12(7-4-10)17-15(19)18-13-8-5-11(2)14(16)9-13/h3-9H,1-2H3,(H2,17,18,19). The number of anilines is 2. The second kappa shape index (κ2) is 5.89. The first-order chi connectivity index (χ1) is 9.04. The normalized spacial score (nSPS) is 10.1. The minimum absolute atomic E-state index is 0.250. The predicted octanol–water partition coefficient (Wildman–Crippen LogP) is 4.71. The largest absolute Gasteiger partial charge is 0.323 e. The van der Waals surface area contributed by atoms with Crippen molar-refractivity contribution >= 4 is 33.3 Å². The Labute approximate surface area is 121 Å². The highest BCUT2D eigenvalue weighted by Crippen LogP contribution is 2.20. The average molecular weight is 319 g/mol. The molecule has 0 aliphatic rings. The molecule has 0 aliphatic carbocycles. The molecule has 0 saturated carbocycles. The number of benzene rings is 2. The van der Waals surface area contributed by atoms with Crippen LogP contribution in [0, 0.1) is 13.8 Å². The Balaban J connectivity index is 2.01. The molecule has 0 heterocycles. The van der Waals surface area contributed by atoms with Gasteiger partial charge in [-0.1, -0.05) is 39.7 Å². The molecular weight excluding hydrogens is 304 g/mol. The molecule has 0 atom stereocenters. The zero-order valence-electron chi connectivity index (χ0n) is 10.8. The lowest BCUT2D eigenvalue weighted by atomic mass is 10.2. The lowest BCUT2D eigenvalue weighted by Gasteiger charge is -2.09. The molecule has 19 heavy (non-hydrogen) atoms. The monoisotopic (exact) mass is 318 g/mol. The maximum atomic E-state index is 11.8. The molecule has 2 amide bonds. The second-order valence-electron chi connectivity index (χ2n) is 4.41. The summed E-state index contributed by atoms with van der Waals surface area (Å²) in [4.78, 5) is 11.8. The highest BCUT2D eigenvalue weighted by atomic mass is 79.9. The highest BCUT2D eigenvalue weighted by Gasteiger charge is 2.03. The summed E-state index contributed by atoms with van der Waals surface area (Å²) in [6.45, 7) is 4.01. The van der Waals surface area contributed by atoms with Gasteiger partial charge in [0.2, 0.25) is 0 Å². The number of hydrogen-bond acceptors (Lipinski definition) is 1. The summed E-state index contributed by atoms with van der Waals surface area (Å²) >= 11 is 3.44. The predicted molar refractivity (Wildman–Crippen MR) is 82.7 cm³/mol. The first-order valence-corrected chi connectivity index (χ1v) is 6.75. The Hall–Kier alpha value is -1.81. The van der Waals surface area contributed by atoms with E-state index in [0.29, 0.717) is 0 Å². The highest BCUT2D eigenvalue weighted by molar-refractivity contribution is 9.10. The van der Waals surface area contributed by atoms with Gasteiger partial charge in [0.1, 0.15) is 0 Å². The van der Waals surface area contributed by atoms with Gasteiger partial charge in [0.15, 0.2) is 0 Å². The number of carbonyl (C=O) groups is 1. The molecule has 0 fully saturated rings. The average Bonchev–Trinajstić information content (AvgIpc) is 2.37. The van der Waals surface area contributed by atoms with Crippen molar-refractivity contribution in [3.05, 3.63) is 58.1 Å². The number of aryl methyl sites for hydroxylation is 2. The fourth-order valence-corrected chi connectivity index (χ4v) is 1.98. The van der Waals surface area contributed by atoms with Crippen LogP contribution in [0.2, 0.25) is 0 Å². The van der Waals surface area contributed by atoms with Crippen molar-refractivity contribution in [2.75, 3.05) is 10.6 Å². The van der Waals surface area contributed by atoms with E-state index in [1.165, 1.54) is 0 Å². The van der Waals surface area contributed by atoms with Crippen molar-refractivity contribution in [1.82, 2.24) is 0 Å². The quantitative estimate of drug-likeness (QED) is 0.827. The van der Waals surface area contributed by atoms with Gasteiger partial charge in [0.25, 0.3) is 0 Å². The summed E-state index contributed by atoms with van der Waals surface area (Å²) in [6, 6.07) is 13.1. The van der Waals surface area contributed by atoms with E-state index in [-0.39, 0.29) is 6.03 Å². The third kappa shape index (κ3) is 3.83. The molecular formula is C15H15BrN2O. The number of halogens is 1. The smallest absolute Gasteiger partial charge is 0.308 e. The third-order valence-corrected chi connectivity index (χ3v) is 3.59. The van der Waals surface area contributed by atoms with Crippen molar-refractivity contribution in [3.8, 4) is 0 Å². The van der Waals surface area contributed by atoms with Gasteiger partial charge in [-0.05, 0) is 43.7 Å². The maximum absolute atomic E-state index is 11.8. The molecule has 0 aliphatic heterocycles. The van der Waals surface area contributed by atoms with Gasteiger partial charge in [-0.25, -0.2) is 4.79 Å². The Morgan fingerprint density at radius 3 is 2.16 bits per heavy atom. The number of nitrogens with one attached hydrogen (secondary N) is 2. The van der Waals surface area contributed by atoms with Crippen molar-refractivity contribution in [2.45, 2.75) is 13.8 Å². The first-order valence-electron chi connectivity index (χ1n) is 5.95. The van der Waals surface area contributed by atoms with E-state index in [4.69, 9.17) is 0 Å². The molecule has 0 radical (unpaired) electrons. The molecule has 2 N–H and O–H groups in total. The van der Waals surface area contributed by atoms with Crippen LogP contribution in [0.3, 0.4) is 0 Å². The number of carbonyl (C=O) groups excluding carboxylic acids is 1. The second-order valence-corrected chi connectivity index (χ2v) is 5.26. The molecule has 2 aromatic carbocycles. The molecule has 4 heteroatoms. The van der Waals surface area contributed by atoms with E-state index < -0.39 is 0 Å². The maximum Gasteiger partial charge on any atom is 0.323 e. The third-order valence-electron chi connectivity index (χ3n) is 2.74.